The lowest BCUT2D eigenvalue weighted by molar-refractivity contribution is -0.385. The zero-order valence-corrected chi connectivity index (χ0v) is 16.8. The van der Waals surface area contributed by atoms with Crippen molar-refractivity contribution >= 4 is 38.4 Å². The second kappa shape index (κ2) is 7.97. The Morgan fingerprint density at radius 1 is 1.19 bits per heavy atom. The topological polar surface area (TPSA) is 110 Å². The number of nitrogens with zero attached hydrogens (tertiary/aromatic N) is 2. The van der Waals surface area contributed by atoms with E-state index in [4.69, 9.17) is 0 Å². The Bertz CT molecular complexity index is 1000. The lowest BCUT2D eigenvalue weighted by atomic mass is 10.1. The average molecular weight is 409 g/mol. The van der Waals surface area contributed by atoms with Gasteiger partial charge in [-0.15, -0.1) is 0 Å². The maximum absolute atomic E-state index is 12.8. The number of sulfonamides is 1. The van der Waals surface area contributed by atoms with Gasteiger partial charge in [-0.3, -0.25) is 19.6 Å². The highest BCUT2D eigenvalue weighted by Crippen LogP contribution is 2.29. The molecule has 0 saturated carbocycles. The van der Waals surface area contributed by atoms with E-state index in [0.717, 1.165) is 17.8 Å². The molecule has 27 heavy (non-hydrogen) atoms. The van der Waals surface area contributed by atoms with Crippen molar-refractivity contribution in [1.82, 2.24) is 4.90 Å². The van der Waals surface area contributed by atoms with E-state index in [-0.39, 0.29) is 21.5 Å². The average Bonchev–Trinajstić information content (AvgIpc) is 2.56. The molecule has 0 radical (unpaired) electrons. The first-order valence-corrected chi connectivity index (χ1v) is 10.1. The van der Waals surface area contributed by atoms with E-state index in [9.17, 15) is 23.3 Å². The van der Waals surface area contributed by atoms with Crippen molar-refractivity contribution in [2.75, 3.05) is 18.8 Å². The summed E-state index contributed by atoms with van der Waals surface area (Å²) in [5.74, 6) is 0. The van der Waals surface area contributed by atoms with Crippen LogP contribution in [0.4, 0.5) is 16.2 Å². The van der Waals surface area contributed by atoms with Crippen molar-refractivity contribution in [3.05, 3.63) is 57.6 Å². The summed E-state index contributed by atoms with van der Waals surface area (Å²) in [4.78, 5) is 24.1. The van der Waals surface area contributed by atoms with Crippen LogP contribution in [0.15, 0.2) is 46.2 Å². The lowest BCUT2D eigenvalue weighted by Crippen LogP contribution is -2.16. The molecule has 0 aromatic heterocycles. The Kier molecular flexibility index (Phi) is 6.11. The van der Waals surface area contributed by atoms with Crippen LogP contribution in [0.25, 0.3) is 0 Å². The number of nitro groups is 1. The van der Waals surface area contributed by atoms with E-state index < -0.39 is 14.9 Å². The highest BCUT2D eigenvalue weighted by molar-refractivity contribution is 8.13. The van der Waals surface area contributed by atoms with Crippen molar-refractivity contribution in [1.29, 1.82) is 0 Å². The second-order valence-electron chi connectivity index (χ2n) is 6.04. The van der Waals surface area contributed by atoms with Crippen LogP contribution < -0.4 is 4.72 Å². The molecule has 10 heteroatoms. The number of nitrogens with one attached hydrogen (secondary N) is 1. The Balaban J connectivity index is 2.37. The monoisotopic (exact) mass is 409 g/mol. The van der Waals surface area contributed by atoms with E-state index in [1.165, 1.54) is 17.0 Å². The van der Waals surface area contributed by atoms with Crippen LogP contribution in [0.5, 0.6) is 0 Å². The first-order chi connectivity index (χ1) is 12.5. The fourth-order valence-electron chi connectivity index (χ4n) is 2.22. The summed E-state index contributed by atoms with van der Waals surface area (Å²) in [6.45, 7) is 3.21. The molecule has 0 atom stereocenters. The van der Waals surface area contributed by atoms with Crippen molar-refractivity contribution in [3.63, 3.8) is 0 Å². The molecular formula is C17H19N3O5S2. The molecule has 0 saturated heterocycles. The number of thioether (sulfide) groups is 1. The van der Waals surface area contributed by atoms with Crippen LogP contribution in [-0.4, -0.2) is 37.6 Å². The van der Waals surface area contributed by atoms with E-state index >= 15 is 0 Å². The first kappa shape index (κ1) is 20.7. The number of hydrogen-bond donors (Lipinski definition) is 1. The maximum atomic E-state index is 12.8. The summed E-state index contributed by atoms with van der Waals surface area (Å²) in [6.07, 6.45) is 0. The minimum Gasteiger partial charge on any atom is -0.339 e. The number of amides is 1. The van der Waals surface area contributed by atoms with E-state index in [1.54, 1.807) is 46.1 Å². The predicted molar refractivity (Wildman–Crippen MR) is 105 cm³/mol. The molecule has 0 bridgehead atoms. The number of carbonyl (C=O) groups excluding carboxylic acids is 1. The Labute approximate surface area is 161 Å². The number of hydrogen-bond acceptors (Lipinski definition) is 6. The van der Waals surface area contributed by atoms with Crippen molar-refractivity contribution in [3.8, 4) is 0 Å². The molecule has 2 aromatic carbocycles. The maximum Gasteiger partial charge on any atom is 0.285 e. The molecule has 0 aliphatic heterocycles. The van der Waals surface area contributed by atoms with Gasteiger partial charge in [0.05, 0.1) is 9.82 Å². The number of nitro benzene ring substituents is 1. The van der Waals surface area contributed by atoms with Crippen LogP contribution in [0.2, 0.25) is 0 Å². The second-order valence-corrected chi connectivity index (χ2v) is 8.71. The molecule has 0 unspecified atom stereocenters. The minimum atomic E-state index is -4.04. The van der Waals surface area contributed by atoms with Gasteiger partial charge in [0.25, 0.3) is 20.9 Å². The number of non-ortho nitro benzene ring substituents is 1. The van der Waals surface area contributed by atoms with Crippen molar-refractivity contribution in [2.45, 2.75) is 23.6 Å². The van der Waals surface area contributed by atoms with E-state index in [0.29, 0.717) is 16.0 Å². The molecule has 1 N–H and O–H groups in total. The van der Waals surface area contributed by atoms with Crippen LogP contribution in [-0.2, 0) is 10.0 Å². The molecule has 0 aliphatic rings. The van der Waals surface area contributed by atoms with Crippen LogP contribution in [0.3, 0.4) is 0 Å². The third-order valence-electron chi connectivity index (χ3n) is 3.76. The molecule has 2 rings (SSSR count). The zero-order valence-electron chi connectivity index (χ0n) is 15.2. The third-order valence-corrected chi connectivity index (χ3v) is 6.30. The van der Waals surface area contributed by atoms with Crippen molar-refractivity contribution < 1.29 is 18.1 Å². The molecule has 0 aliphatic carbocycles. The van der Waals surface area contributed by atoms with Gasteiger partial charge in [-0.2, -0.15) is 0 Å². The largest absolute Gasteiger partial charge is 0.339 e. The van der Waals surface area contributed by atoms with Crippen LogP contribution >= 0.6 is 11.8 Å². The molecule has 0 heterocycles. The van der Waals surface area contributed by atoms with Gasteiger partial charge in [0, 0.05) is 36.8 Å². The number of carbonyl (C=O) groups is 1. The molecule has 0 fully saturated rings. The fraction of sp³-hybridized carbons (Fsp3) is 0.235. The quantitative estimate of drug-likeness (QED) is 0.457. The Hall–Kier alpha value is -2.59. The normalized spacial score (nSPS) is 11.1. The SMILES string of the molecule is Cc1cc([N+](=O)[O-])cc(S(=O)(=O)Nc2cccc(SC(=O)N(C)C)c2)c1C. The Morgan fingerprint density at radius 2 is 1.85 bits per heavy atom. The van der Waals surface area contributed by atoms with Gasteiger partial charge in [-0.05, 0) is 54.9 Å². The van der Waals surface area contributed by atoms with Gasteiger partial charge in [-0.1, -0.05) is 6.07 Å². The van der Waals surface area contributed by atoms with E-state index in [1.807, 2.05) is 0 Å². The molecule has 1 amide bonds. The summed E-state index contributed by atoms with van der Waals surface area (Å²) in [7, 11) is -0.802. The summed E-state index contributed by atoms with van der Waals surface area (Å²) < 4.78 is 28.0. The van der Waals surface area contributed by atoms with Crippen molar-refractivity contribution in [2.24, 2.45) is 0 Å². The summed E-state index contributed by atoms with van der Waals surface area (Å²) in [5.41, 5.74) is 0.904. The lowest BCUT2D eigenvalue weighted by Gasteiger charge is -2.13. The van der Waals surface area contributed by atoms with Gasteiger partial charge in [0.15, 0.2) is 0 Å². The zero-order chi connectivity index (χ0) is 20.4. The molecule has 8 nitrogen and oxygen atoms in total. The third kappa shape index (κ3) is 4.98. The van der Waals surface area contributed by atoms with Gasteiger partial charge in [0.2, 0.25) is 0 Å². The van der Waals surface area contributed by atoms with E-state index in [2.05, 4.69) is 4.72 Å². The summed E-state index contributed by atoms with van der Waals surface area (Å²) >= 11 is 0.963. The highest BCUT2D eigenvalue weighted by atomic mass is 32.2. The fourth-order valence-corrected chi connectivity index (χ4v) is 4.32. The van der Waals surface area contributed by atoms with Gasteiger partial charge >= 0.3 is 0 Å². The predicted octanol–water partition coefficient (Wildman–Crippen LogP) is 3.79. The molecule has 0 spiro atoms. The minimum absolute atomic E-state index is 0.156. The van der Waals surface area contributed by atoms with Gasteiger partial charge in [-0.25, -0.2) is 8.42 Å². The molecule has 2 aromatic rings. The highest BCUT2D eigenvalue weighted by Gasteiger charge is 2.22. The number of aryl methyl sites for hydroxylation is 1. The summed E-state index contributed by atoms with van der Waals surface area (Å²) in [6, 6.07) is 8.75. The standard InChI is InChI=1S/C17H19N3O5S2/c1-11-8-14(20(22)23)10-16(12(11)2)27(24,25)18-13-6-5-7-15(9-13)26-17(21)19(3)4/h5-10,18H,1-4H3. The van der Waals surface area contributed by atoms with Gasteiger partial charge < -0.3 is 4.90 Å². The number of anilines is 1. The molecule has 144 valence electrons. The van der Waals surface area contributed by atoms with Crippen LogP contribution in [0.1, 0.15) is 11.1 Å². The molecular weight excluding hydrogens is 390 g/mol. The van der Waals surface area contributed by atoms with Gasteiger partial charge in [0.1, 0.15) is 0 Å². The number of benzene rings is 2. The number of rotatable bonds is 5. The smallest absolute Gasteiger partial charge is 0.285 e. The summed E-state index contributed by atoms with van der Waals surface area (Å²) in [5, 5.41) is 10.9. The first-order valence-electron chi connectivity index (χ1n) is 7.79. The van der Waals surface area contributed by atoms with Crippen LogP contribution in [0, 0.1) is 24.0 Å². The Morgan fingerprint density at radius 3 is 2.44 bits per heavy atom.